The molecular formula is C13H26N2O2. The highest BCUT2D eigenvalue weighted by molar-refractivity contribution is 5.81. The molecule has 0 saturated carbocycles. The lowest BCUT2D eigenvalue weighted by Gasteiger charge is -2.29. The molecule has 1 amide bonds. The number of carbonyl (C=O) groups excluding carboxylic acids is 1. The highest BCUT2D eigenvalue weighted by Gasteiger charge is 2.30. The van der Waals surface area contributed by atoms with Crippen LogP contribution < -0.4 is 0 Å². The Kier molecular flexibility index (Phi) is 5.92. The molecule has 17 heavy (non-hydrogen) atoms. The van der Waals surface area contributed by atoms with E-state index >= 15 is 0 Å². The van der Waals surface area contributed by atoms with E-state index in [1.54, 1.807) is 0 Å². The fourth-order valence-corrected chi connectivity index (χ4v) is 2.59. The molecule has 1 aliphatic rings. The minimum Gasteiger partial charge on any atom is -0.396 e. The van der Waals surface area contributed by atoms with Crippen LogP contribution in [0.3, 0.4) is 0 Å². The fourth-order valence-electron chi connectivity index (χ4n) is 2.59. The number of amides is 1. The molecule has 0 bridgehead atoms. The van der Waals surface area contributed by atoms with Gasteiger partial charge in [-0.05, 0) is 46.1 Å². The molecule has 1 N–H and O–H groups in total. The predicted octanol–water partition coefficient (Wildman–Crippen LogP) is 0.948. The van der Waals surface area contributed by atoms with Gasteiger partial charge < -0.3 is 10.0 Å². The molecule has 1 aliphatic heterocycles. The lowest BCUT2D eigenvalue weighted by molar-refractivity contribution is -0.135. The summed E-state index contributed by atoms with van der Waals surface area (Å²) in [5.41, 5.74) is 0. The topological polar surface area (TPSA) is 43.8 Å². The zero-order valence-electron chi connectivity index (χ0n) is 11.4. The Balaban J connectivity index is 2.48. The standard InChI is InChI=1S/C13H26N2O2/c1-4-14(5-2)13(17)11(3)15-8-6-12(10-15)7-9-16/h11-12,16H,4-10H2,1-3H3. The van der Waals surface area contributed by atoms with E-state index in [-0.39, 0.29) is 18.6 Å². The molecule has 4 nitrogen and oxygen atoms in total. The van der Waals surface area contributed by atoms with E-state index in [2.05, 4.69) is 4.90 Å². The van der Waals surface area contributed by atoms with E-state index in [4.69, 9.17) is 5.11 Å². The molecule has 1 heterocycles. The van der Waals surface area contributed by atoms with Gasteiger partial charge in [0.25, 0.3) is 0 Å². The van der Waals surface area contributed by atoms with Crippen molar-refractivity contribution in [3.05, 3.63) is 0 Å². The summed E-state index contributed by atoms with van der Waals surface area (Å²) < 4.78 is 0. The van der Waals surface area contributed by atoms with Crippen molar-refractivity contribution in [3.63, 3.8) is 0 Å². The first-order valence-electron chi connectivity index (χ1n) is 6.77. The third-order valence-corrected chi connectivity index (χ3v) is 3.83. The molecule has 0 spiro atoms. The minimum atomic E-state index is -0.0152. The lowest BCUT2D eigenvalue weighted by atomic mass is 10.1. The average Bonchev–Trinajstić information content (AvgIpc) is 2.78. The van der Waals surface area contributed by atoms with Crippen LogP contribution in [-0.2, 0) is 4.79 Å². The first-order chi connectivity index (χ1) is 8.13. The van der Waals surface area contributed by atoms with Crippen LogP contribution in [0.2, 0.25) is 0 Å². The van der Waals surface area contributed by atoms with Crippen molar-refractivity contribution in [1.29, 1.82) is 0 Å². The van der Waals surface area contributed by atoms with Gasteiger partial charge in [-0.2, -0.15) is 0 Å². The summed E-state index contributed by atoms with van der Waals surface area (Å²) in [6.07, 6.45) is 1.97. The molecule has 4 heteroatoms. The van der Waals surface area contributed by atoms with E-state index in [9.17, 15) is 4.79 Å². The second-order valence-corrected chi connectivity index (χ2v) is 4.85. The zero-order valence-corrected chi connectivity index (χ0v) is 11.4. The maximum Gasteiger partial charge on any atom is 0.239 e. The van der Waals surface area contributed by atoms with Gasteiger partial charge in [0.15, 0.2) is 0 Å². The Labute approximate surface area is 105 Å². The summed E-state index contributed by atoms with van der Waals surface area (Å²) in [6, 6.07) is -0.0152. The fraction of sp³-hybridized carbons (Fsp3) is 0.923. The quantitative estimate of drug-likeness (QED) is 0.754. The predicted molar refractivity (Wildman–Crippen MR) is 68.8 cm³/mol. The normalized spacial score (nSPS) is 22.7. The van der Waals surface area contributed by atoms with Crippen LogP contribution in [0.5, 0.6) is 0 Å². The highest BCUT2D eigenvalue weighted by Crippen LogP contribution is 2.21. The molecule has 1 rings (SSSR count). The SMILES string of the molecule is CCN(CC)C(=O)C(C)N1CCC(CCO)C1. The molecule has 0 aromatic rings. The average molecular weight is 242 g/mol. The summed E-state index contributed by atoms with van der Waals surface area (Å²) >= 11 is 0. The van der Waals surface area contributed by atoms with E-state index in [0.717, 1.165) is 39.0 Å². The molecule has 1 saturated heterocycles. The summed E-state index contributed by atoms with van der Waals surface area (Å²) in [6.45, 7) is 9.81. The smallest absolute Gasteiger partial charge is 0.239 e. The van der Waals surface area contributed by atoms with Crippen LogP contribution in [0, 0.1) is 5.92 Å². The van der Waals surface area contributed by atoms with Crippen molar-refractivity contribution in [2.24, 2.45) is 5.92 Å². The molecule has 1 fully saturated rings. The highest BCUT2D eigenvalue weighted by atomic mass is 16.3. The summed E-state index contributed by atoms with van der Waals surface area (Å²) in [7, 11) is 0. The van der Waals surface area contributed by atoms with Crippen LogP contribution in [0.1, 0.15) is 33.6 Å². The Morgan fingerprint density at radius 2 is 2.12 bits per heavy atom. The maximum absolute atomic E-state index is 12.2. The molecule has 0 aromatic carbocycles. The van der Waals surface area contributed by atoms with Gasteiger partial charge in [-0.3, -0.25) is 9.69 Å². The van der Waals surface area contributed by atoms with Gasteiger partial charge >= 0.3 is 0 Å². The van der Waals surface area contributed by atoms with Gasteiger partial charge in [-0.25, -0.2) is 0 Å². The Morgan fingerprint density at radius 1 is 1.47 bits per heavy atom. The van der Waals surface area contributed by atoms with Crippen molar-refractivity contribution in [3.8, 4) is 0 Å². The van der Waals surface area contributed by atoms with Crippen LogP contribution in [-0.4, -0.2) is 59.6 Å². The van der Waals surface area contributed by atoms with Gasteiger partial charge in [0.05, 0.1) is 6.04 Å². The molecule has 0 aromatic heterocycles. The van der Waals surface area contributed by atoms with Gasteiger partial charge in [-0.15, -0.1) is 0 Å². The number of hydrogen-bond acceptors (Lipinski definition) is 3. The largest absolute Gasteiger partial charge is 0.396 e. The summed E-state index contributed by atoms with van der Waals surface area (Å²) in [5, 5.41) is 8.93. The molecule has 2 atom stereocenters. The minimum absolute atomic E-state index is 0.0152. The molecular weight excluding hydrogens is 216 g/mol. The van der Waals surface area contributed by atoms with E-state index in [1.807, 2.05) is 25.7 Å². The number of nitrogens with zero attached hydrogens (tertiary/aromatic N) is 2. The summed E-state index contributed by atoms with van der Waals surface area (Å²) in [4.78, 5) is 16.3. The van der Waals surface area contributed by atoms with Gasteiger partial charge in [0, 0.05) is 26.2 Å². The number of likely N-dealkylation sites (N-methyl/N-ethyl adjacent to an activating group) is 1. The van der Waals surface area contributed by atoms with Crippen molar-refractivity contribution < 1.29 is 9.90 Å². The van der Waals surface area contributed by atoms with Crippen molar-refractivity contribution in [2.75, 3.05) is 32.8 Å². The first kappa shape index (κ1) is 14.5. The Hall–Kier alpha value is -0.610. The van der Waals surface area contributed by atoms with Gasteiger partial charge in [-0.1, -0.05) is 0 Å². The van der Waals surface area contributed by atoms with Gasteiger partial charge in [0.1, 0.15) is 0 Å². The number of aliphatic hydroxyl groups is 1. The second-order valence-electron chi connectivity index (χ2n) is 4.85. The second kappa shape index (κ2) is 6.97. The van der Waals surface area contributed by atoms with Gasteiger partial charge in [0.2, 0.25) is 5.91 Å². The number of hydrogen-bond donors (Lipinski definition) is 1. The van der Waals surface area contributed by atoms with Crippen LogP contribution >= 0.6 is 0 Å². The number of carbonyl (C=O) groups is 1. The van der Waals surface area contributed by atoms with E-state index < -0.39 is 0 Å². The number of aliphatic hydroxyl groups excluding tert-OH is 1. The molecule has 0 aliphatic carbocycles. The van der Waals surface area contributed by atoms with Crippen LogP contribution in [0.25, 0.3) is 0 Å². The van der Waals surface area contributed by atoms with Crippen LogP contribution in [0.15, 0.2) is 0 Å². The monoisotopic (exact) mass is 242 g/mol. The third kappa shape index (κ3) is 3.68. The summed E-state index contributed by atoms with van der Waals surface area (Å²) in [5.74, 6) is 0.798. The molecule has 0 radical (unpaired) electrons. The van der Waals surface area contributed by atoms with Crippen molar-refractivity contribution >= 4 is 5.91 Å². The zero-order chi connectivity index (χ0) is 12.8. The van der Waals surface area contributed by atoms with E-state index in [1.165, 1.54) is 0 Å². The third-order valence-electron chi connectivity index (χ3n) is 3.83. The Morgan fingerprint density at radius 3 is 2.65 bits per heavy atom. The van der Waals surface area contributed by atoms with E-state index in [0.29, 0.717) is 5.92 Å². The van der Waals surface area contributed by atoms with Crippen LogP contribution in [0.4, 0.5) is 0 Å². The Bertz CT molecular complexity index is 242. The maximum atomic E-state index is 12.2. The van der Waals surface area contributed by atoms with Crippen molar-refractivity contribution in [1.82, 2.24) is 9.80 Å². The lowest BCUT2D eigenvalue weighted by Crippen LogP contribution is -2.46. The molecule has 2 unspecified atom stereocenters. The number of likely N-dealkylation sites (tertiary alicyclic amines) is 1. The number of rotatable bonds is 6. The van der Waals surface area contributed by atoms with Crippen molar-refractivity contribution in [2.45, 2.75) is 39.7 Å². The first-order valence-corrected chi connectivity index (χ1v) is 6.77. The molecule has 100 valence electrons.